The number of methoxy groups -OCH3 is 1. The minimum atomic E-state index is -1.80. The van der Waals surface area contributed by atoms with Crippen LogP contribution in [0.2, 0.25) is 0 Å². The summed E-state index contributed by atoms with van der Waals surface area (Å²) in [5.74, 6) is -2.24. The molecule has 5 amide bonds. The van der Waals surface area contributed by atoms with Gasteiger partial charge in [-0.1, -0.05) is 6.07 Å². The molecule has 3 aromatic rings. The Hall–Kier alpha value is -4.61. The molecule has 2 aromatic heterocycles. The van der Waals surface area contributed by atoms with E-state index in [0.29, 0.717) is 22.4 Å². The van der Waals surface area contributed by atoms with Crippen molar-refractivity contribution in [3.05, 3.63) is 52.4 Å². The Morgan fingerprint density at radius 3 is 2.74 bits per heavy atom. The van der Waals surface area contributed by atoms with E-state index in [4.69, 9.17) is 14.9 Å². The smallest absolute Gasteiger partial charge is 0.322 e. The molecule has 5 N–H and O–H groups in total. The molecule has 174 valence electrons. The summed E-state index contributed by atoms with van der Waals surface area (Å²) in [7, 11) is 1.49. The summed E-state index contributed by atoms with van der Waals surface area (Å²) in [4.78, 5) is 55.6. The Labute approximate surface area is 191 Å². The number of carbonyl (C=O) groups excluding carboxylic acids is 4. The lowest BCUT2D eigenvalue weighted by Crippen LogP contribution is -2.52. The van der Waals surface area contributed by atoms with Gasteiger partial charge in [-0.15, -0.1) is 0 Å². The van der Waals surface area contributed by atoms with Crippen molar-refractivity contribution in [1.29, 1.82) is 0 Å². The summed E-state index contributed by atoms with van der Waals surface area (Å²) in [5.41, 5.74) is 4.61. The molecule has 1 saturated heterocycles. The molecular weight excluding hydrogens is 446 g/mol. The van der Waals surface area contributed by atoms with Gasteiger partial charge in [0.05, 0.1) is 19.3 Å². The van der Waals surface area contributed by atoms with Crippen molar-refractivity contribution in [2.24, 2.45) is 5.73 Å². The van der Waals surface area contributed by atoms with E-state index in [1.54, 1.807) is 25.1 Å². The maximum absolute atomic E-state index is 13.1. The molecule has 0 radical (unpaired) electrons. The van der Waals surface area contributed by atoms with E-state index in [0.717, 1.165) is 5.56 Å². The van der Waals surface area contributed by atoms with Gasteiger partial charge in [0.2, 0.25) is 5.88 Å². The van der Waals surface area contributed by atoms with E-state index < -0.39 is 29.3 Å². The van der Waals surface area contributed by atoms with E-state index in [9.17, 15) is 24.3 Å². The number of nitrogens with two attached hydrogens (primary N) is 1. The maximum Gasteiger partial charge on any atom is 0.322 e. The van der Waals surface area contributed by atoms with Gasteiger partial charge in [0.15, 0.2) is 11.1 Å². The Kier molecular flexibility index (Phi) is 4.50. The first-order chi connectivity index (χ1) is 16.1. The van der Waals surface area contributed by atoms with Crippen LogP contribution in [0.1, 0.15) is 37.7 Å². The summed E-state index contributed by atoms with van der Waals surface area (Å²) < 4.78 is 11.0. The van der Waals surface area contributed by atoms with Crippen LogP contribution in [0.15, 0.2) is 28.7 Å². The Bertz CT molecular complexity index is 1430. The average molecular weight is 465 g/mol. The van der Waals surface area contributed by atoms with Gasteiger partial charge < -0.3 is 30.2 Å². The summed E-state index contributed by atoms with van der Waals surface area (Å²) in [6.45, 7) is 1.50. The Balaban J connectivity index is 1.62. The van der Waals surface area contributed by atoms with Crippen molar-refractivity contribution in [2.45, 2.75) is 19.0 Å². The third-order valence-electron chi connectivity index (χ3n) is 6.08. The lowest BCUT2D eigenvalue weighted by molar-refractivity contribution is -0.125. The van der Waals surface area contributed by atoms with Gasteiger partial charge in [0, 0.05) is 17.5 Å². The quantitative estimate of drug-likeness (QED) is 0.397. The lowest BCUT2D eigenvalue weighted by Gasteiger charge is -2.29. The van der Waals surface area contributed by atoms with E-state index in [-0.39, 0.29) is 35.9 Å². The van der Waals surface area contributed by atoms with Crippen LogP contribution in [0, 0.1) is 6.92 Å². The molecule has 0 unspecified atom stereocenters. The molecule has 0 spiro atoms. The number of rotatable bonds is 5. The van der Waals surface area contributed by atoms with E-state index in [1.165, 1.54) is 18.1 Å². The molecule has 4 heterocycles. The molecule has 2 aliphatic heterocycles. The number of ether oxygens (including phenoxy) is 1. The van der Waals surface area contributed by atoms with Crippen molar-refractivity contribution in [1.82, 2.24) is 20.5 Å². The second-order valence-corrected chi connectivity index (χ2v) is 8.11. The monoisotopic (exact) mass is 465 g/mol. The number of urea groups is 1. The van der Waals surface area contributed by atoms with Gasteiger partial charge in [-0.05, 0) is 30.7 Å². The van der Waals surface area contributed by atoms with E-state index in [1.807, 2.05) is 0 Å². The second kappa shape index (κ2) is 7.20. The highest BCUT2D eigenvalue weighted by molar-refractivity contribution is 6.10. The first-order valence-electron chi connectivity index (χ1n) is 10.2. The van der Waals surface area contributed by atoms with Gasteiger partial charge in [-0.3, -0.25) is 19.7 Å². The maximum atomic E-state index is 13.1. The van der Waals surface area contributed by atoms with E-state index in [2.05, 4.69) is 15.6 Å². The molecule has 1 aromatic carbocycles. The van der Waals surface area contributed by atoms with Gasteiger partial charge in [0.25, 0.3) is 17.7 Å². The van der Waals surface area contributed by atoms with Crippen molar-refractivity contribution in [3.63, 3.8) is 0 Å². The minimum Gasteiger partial charge on any atom is -0.497 e. The molecule has 34 heavy (non-hydrogen) atoms. The Morgan fingerprint density at radius 2 is 2.09 bits per heavy atom. The molecular formula is C22H19N5O7. The van der Waals surface area contributed by atoms with Gasteiger partial charge in [-0.25, -0.2) is 9.78 Å². The number of nitrogens with zero attached hydrogens (tertiary/aromatic N) is 2. The van der Waals surface area contributed by atoms with Gasteiger partial charge >= 0.3 is 6.03 Å². The molecule has 12 heteroatoms. The summed E-state index contributed by atoms with van der Waals surface area (Å²) in [6.07, 6.45) is 0. The first kappa shape index (κ1) is 21.2. The van der Waals surface area contributed by atoms with Crippen LogP contribution in [-0.4, -0.2) is 52.4 Å². The van der Waals surface area contributed by atoms with Crippen molar-refractivity contribution in [2.75, 3.05) is 13.7 Å². The number of hydrogen-bond donors (Lipinski definition) is 4. The van der Waals surface area contributed by atoms with Crippen LogP contribution < -0.4 is 21.1 Å². The third kappa shape index (κ3) is 2.95. The predicted octanol–water partition coefficient (Wildman–Crippen LogP) is 0.640. The number of imide groups is 1. The zero-order valence-electron chi connectivity index (χ0n) is 18.1. The molecule has 12 nitrogen and oxygen atoms in total. The summed E-state index contributed by atoms with van der Waals surface area (Å²) in [6, 6.07) is 5.75. The van der Waals surface area contributed by atoms with Crippen LogP contribution in [0.5, 0.6) is 11.6 Å². The number of pyridine rings is 1. The van der Waals surface area contributed by atoms with Crippen LogP contribution in [0.4, 0.5) is 4.79 Å². The average Bonchev–Trinajstić information content (AvgIpc) is 3.43. The normalized spacial score (nSPS) is 19.4. The van der Waals surface area contributed by atoms with Crippen molar-refractivity contribution in [3.8, 4) is 11.6 Å². The topological polar surface area (TPSA) is 177 Å². The number of primary amides is 1. The molecule has 2 aliphatic rings. The molecule has 1 atom stereocenters. The highest BCUT2D eigenvalue weighted by atomic mass is 16.5. The number of nitrogens with one attached hydrogen (secondary N) is 2. The number of carbonyl (C=O) groups is 4. The fourth-order valence-corrected chi connectivity index (χ4v) is 4.39. The van der Waals surface area contributed by atoms with Crippen LogP contribution >= 0.6 is 0 Å². The standard InChI is InChI=1S/C22H19N5O7/c1-9-12-6-14(34-16(12)15(17(23)28)18(29)24-9)22(20(31)25-21(32)26-22)8-27-7-10-3-4-11(33-2)5-13(10)19(27)30/h3-6H,7-8H2,1-2H3,(H2,23,28)(H,24,29)(H2,25,26,31,32)/t22-/m0/s1. The fraction of sp³-hybridized carbons (Fsp3) is 0.227. The first-order valence-corrected chi connectivity index (χ1v) is 10.2. The van der Waals surface area contributed by atoms with Crippen LogP contribution in [-0.2, 0) is 16.9 Å². The predicted molar refractivity (Wildman–Crippen MR) is 115 cm³/mol. The summed E-state index contributed by atoms with van der Waals surface area (Å²) in [5, 5.41) is 15.2. The second-order valence-electron chi connectivity index (χ2n) is 8.11. The zero-order valence-corrected chi connectivity index (χ0v) is 18.1. The molecule has 0 bridgehead atoms. The number of amides is 5. The van der Waals surface area contributed by atoms with Crippen molar-refractivity contribution >= 4 is 34.7 Å². The van der Waals surface area contributed by atoms with Gasteiger partial charge in [0.1, 0.15) is 17.1 Å². The highest BCUT2D eigenvalue weighted by Crippen LogP contribution is 2.37. The van der Waals surface area contributed by atoms with Crippen LogP contribution in [0.3, 0.4) is 0 Å². The lowest BCUT2D eigenvalue weighted by atomic mass is 9.95. The minimum absolute atomic E-state index is 0.0508. The number of aromatic hydroxyl groups is 1. The molecule has 5 rings (SSSR count). The highest BCUT2D eigenvalue weighted by Gasteiger charge is 2.53. The third-order valence-corrected chi connectivity index (χ3v) is 6.08. The number of aryl methyl sites for hydroxylation is 1. The largest absolute Gasteiger partial charge is 0.497 e. The fourth-order valence-electron chi connectivity index (χ4n) is 4.39. The SMILES string of the molecule is COc1ccc2c(c1)C(=O)N(C[C@@]1(c3cc4c(C)nc(O)c(C(N)=O)c4o3)NC(=O)NC1=O)C2. The number of furan rings is 1. The number of fused-ring (bicyclic) bond motifs is 2. The van der Waals surface area contributed by atoms with Gasteiger partial charge in [-0.2, -0.15) is 0 Å². The Morgan fingerprint density at radius 1 is 1.32 bits per heavy atom. The number of aromatic nitrogens is 1. The summed E-state index contributed by atoms with van der Waals surface area (Å²) >= 11 is 0. The molecule has 0 saturated carbocycles. The number of hydrogen-bond acceptors (Lipinski definition) is 8. The molecule has 0 aliphatic carbocycles. The van der Waals surface area contributed by atoms with E-state index >= 15 is 0 Å². The number of benzene rings is 1. The molecule has 1 fully saturated rings. The van der Waals surface area contributed by atoms with Crippen molar-refractivity contribution < 1.29 is 33.4 Å². The van der Waals surface area contributed by atoms with Crippen LogP contribution in [0.25, 0.3) is 11.0 Å². The zero-order chi connectivity index (χ0) is 24.4.